The molecule has 0 aliphatic rings. The number of methoxy groups -OCH3 is 2. The van der Waals surface area contributed by atoms with Gasteiger partial charge in [-0.3, -0.25) is 4.99 Å². The van der Waals surface area contributed by atoms with Crippen LogP contribution in [0.5, 0.6) is 11.5 Å². The number of ether oxygens (including phenoxy) is 2. The Morgan fingerprint density at radius 3 is 2.59 bits per heavy atom. The zero-order chi connectivity index (χ0) is 19.6. The molecule has 1 heterocycles. The molecular weight excluding hydrogens is 360 g/mol. The molecule has 2 N–H and O–H groups in total. The number of nitrogens with zero attached hydrogens (tertiary/aromatic N) is 2. The fourth-order valence-electron chi connectivity index (χ4n) is 2.64. The van der Waals surface area contributed by atoms with Crippen molar-refractivity contribution >= 4 is 17.3 Å². The van der Waals surface area contributed by atoms with Crippen molar-refractivity contribution < 1.29 is 9.47 Å². The van der Waals surface area contributed by atoms with Gasteiger partial charge in [0.25, 0.3) is 0 Å². The Morgan fingerprint density at radius 1 is 1.15 bits per heavy atom. The second-order valence-corrected chi connectivity index (χ2v) is 7.40. The molecular formula is C20H30N4O2S. The lowest BCUT2D eigenvalue weighted by Gasteiger charge is -2.13. The molecule has 1 aromatic carbocycles. The van der Waals surface area contributed by atoms with E-state index in [9.17, 15) is 0 Å². The first kappa shape index (κ1) is 21.0. The summed E-state index contributed by atoms with van der Waals surface area (Å²) in [5.41, 5.74) is 2.23. The van der Waals surface area contributed by atoms with Crippen LogP contribution in [0.4, 0.5) is 0 Å². The normalized spacial score (nSPS) is 11.4. The van der Waals surface area contributed by atoms with Crippen LogP contribution in [0.1, 0.15) is 28.1 Å². The Hall–Kier alpha value is -2.28. The summed E-state index contributed by atoms with van der Waals surface area (Å²) >= 11 is 1.76. The standard InChI is InChI=1S/C20H30N4O2S/c1-6-21-20(23-12-10-19-24-14(2)15(3)27-19)22-11-9-16-13-17(25-4)7-8-18(16)26-5/h7-8,13H,6,9-12H2,1-5H3,(H2,21,22,23). The highest BCUT2D eigenvalue weighted by atomic mass is 32.1. The van der Waals surface area contributed by atoms with Gasteiger partial charge in [0.05, 0.1) is 24.9 Å². The number of hydrogen-bond acceptors (Lipinski definition) is 5. The molecule has 148 valence electrons. The van der Waals surface area contributed by atoms with Crippen LogP contribution >= 0.6 is 11.3 Å². The van der Waals surface area contributed by atoms with Crippen molar-refractivity contribution in [2.45, 2.75) is 33.6 Å². The number of rotatable bonds is 9. The molecule has 0 aliphatic carbocycles. The molecule has 0 radical (unpaired) electrons. The summed E-state index contributed by atoms with van der Waals surface area (Å²) in [6.07, 6.45) is 1.68. The van der Waals surface area contributed by atoms with Crippen LogP contribution in [0, 0.1) is 13.8 Å². The molecule has 0 spiro atoms. The first-order chi connectivity index (χ1) is 13.1. The van der Waals surface area contributed by atoms with E-state index in [-0.39, 0.29) is 0 Å². The lowest BCUT2D eigenvalue weighted by atomic mass is 10.1. The first-order valence-corrected chi connectivity index (χ1v) is 10.0. The highest BCUT2D eigenvalue weighted by Crippen LogP contribution is 2.24. The molecule has 0 aliphatic heterocycles. The second kappa shape index (κ2) is 10.8. The van der Waals surface area contributed by atoms with Gasteiger partial charge in [-0.25, -0.2) is 4.98 Å². The molecule has 27 heavy (non-hydrogen) atoms. The van der Waals surface area contributed by atoms with E-state index in [2.05, 4.69) is 41.4 Å². The third kappa shape index (κ3) is 6.43. The summed E-state index contributed by atoms with van der Waals surface area (Å²) in [5, 5.41) is 7.82. The SMILES string of the molecule is CCNC(=NCCc1nc(C)c(C)s1)NCCc1cc(OC)ccc1OC. The highest BCUT2D eigenvalue weighted by molar-refractivity contribution is 7.11. The molecule has 0 bridgehead atoms. The van der Waals surface area contributed by atoms with Crippen molar-refractivity contribution in [2.24, 2.45) is 4.99 Å². The number of benzene rings is 1. The van der Waals surface area contributed by atoms with Crippen LogP contribution in [0.15, 0.2) is 23.2 Å². The van der Waals surface area contributed by atoms with Crippen molar-refractivity contribution in [2.75, 3.05) is 33.9 Å². The summed E-state index contributed by atoms with van der Waals surface area (Å²) in [7, 11) is 3.36. The number of nitrogens with one attached hydrogen (secondary N) is 2. The van der Waals surface area contributed by atoms with Gasteiger partial charge in [-0.2, -0.15) is 0 Å². The van der Waals surface area contributed by atoms with E-state index in [0.717, 1.165) is 59.7 Å². The van der Waals surface area contributed by atoms with E-state index >= 15 is 0 Å². The molecule has 2 aromatic rings. The summed E-state index contributed by atoms with van der Waals surface area (Å²) in [4.78, 5) is 10.5. The topological polar surface area (TPSA) is 67.8 Å². The van der Waals surface area contributed by atoms with Crippen molar-refractivity contribution in [1.29, 1.82) is 0 Å². The minimum atomic E-state index is 0.713. The molecule has 7 heteroatoms. The zero-order valence-electron chi connectivity index (χ0n) is 16.9. The second-order valence-electron chi connectivity index (χ2n) is 6.11. The number of aryl methyl sites for hydroxylation is 2. The van der Waals surface area contributed by atoms with Crippen LogP contribution in [-0.4, -0.2) is 44.8 Å². The Bertz CT molecular complexity index is 739. The summed E-state index contributed by atoms with van der Waals surface area (Å²) in [5.74, 6) is 2.53. The largest absolute Gasteiger partial charge is 0.497 e. The number of aliphatic imine (C=N–C) groups is 1. The Morgan fingerprint density at radius 2 is 1.96 bits per heavy atom. The molecule has 0 saturated heterocycles. The van der Waals surface area contributed by atoms with Crippen LogP contribution in [-0.2, 0) is 12.8 Å². The summed E-state index contributed by atoms with van der Waals surface area (Å²) < 4.78 is 10.7. The summed E-state index contributed by atoms with van der Waals surface area (Å²) in [6.45, 7) is 8.52. The van der Waals surface area contributed by atoms with Gasteiger partial charge in [0.15, 0.2) is 5.96 Å². The predicted molar refractivity (Wildman–Crippen MR) is 113 cm³/mol. The average Bonchev–Trinajstić information content (AvgIpc) is 2.99. The van der Waals surface area contributed by atoms with E-state index in [1.165, 1.54) is 4.88 Å². The third-order valence-corrected chi connectivity index (χ3v) is 5.32. The van der Waals surface area contributed by atoms with Gasteiger partial charge in [-0.15, -0.1) is 11.3 Å². The maximum absolute atomic E-state index is 5.44. The van der Waals surface area contributed by atoms with Crippen LogP contribution < -0.4 is 20.1 Å². The van der Waals surface area contributed by atoms with E-state index in [0.29, 0.717) is 6.54 Å². The third-order valence-electron chi connectivity index (χ3n) is 4.19. The predicted octanol–water partition coefficient (Wildman–Crippen LogP) is 3.12. The minimum absolute atomic E-state index is 0.713. The van der Waals surface area contributed by atoms with Crippen LogP contribution in [0.2, 0.25) is 0 Å². The van der Waals surface area contributed by atoms with Crippen molar-refractivity contribution in [1.82, 2.24) is 15.6 Å². The maximum Gasteiger partial charge on any atom is 0.191 e. The Kier molecular flexibility index (Phi) is 8.39. The molecule has 6 nitrogen and oxygen atoms in total. The molecule has 2 rings (SSSR count). The average molecular weight is 391 g/mol. The van der Waals surface area contributed by atoms with Crippen molar-refractivity contribution in [3.8, 4) is 11.5 Å². The number of hydrogen-bond donors (Lipinski definition) is 2. The zero-order valence-corrected chi connectivity index (χ0v) is 17.7. The van der Waals surface area contributed by atoms with Crippen molar-refractivity contribution in [3.63, 3.8) is 0 Å². The van der Waals surface area contributed by atoms with Gasteiger partial charge >= 0.3 is 0 Å². The Balaban J connectivity index is 1.90. The lowest BCUT2D eigenvalue weighted by molar-refractivity contribution is 0.398. The van der Waals surface area contributed by atoms with Gasteiger partial charge in [-0.05, 0) is 51.0 Å². The molecule has 0 unspecified atom stereocenters. The van der Waals surface area contributed by atoms with Gasteiger partial charge in [0, 0.05) is 30.9 Å². The first-order valence-electron chi connectivity index (χ1n) is 9.23. The van der Waals surface area contributed by atoms with Crippen molar-refractivity contribution in [3.05, 3.63) is 39.3 Å². The maximum atomic E-state index is 5.44. The number of thiazole rings is 1. The molecule has 0 amide bonds. The van der Waals surface area contributed by atoms with Gasteiger partial charge < -0.3 is 20.1 Å². The fourth-order valence-corrected chi connectivity index (χ4v) is 3.57. The fraction of sp³-hybridized carbons (Fsp3) is 0.500. The molecule has 0 fully saturated rings. The molecule has 0 atom stereocenters. The smallest absolute Gasteiger partial charge is 0.191 e. The van der Waals surface area contributed by atoms with Gasteiger partial charge in [0.2, 0.25) is 0 Å². The Labute approximate surface area is 166 Å². The highest BCUT2D eigenvalue weighted by Gasteiger charge is 2.06. The van der Waals surface area contributed by atoms with Crippen LogP contribution in [0.25, 0.3) is 0 Å². The van der Waals surface area contributed by atoms with Gasteiger partial charge in [-0.1, -0.05) is 0 Å². The van der Waals surface area contributed by atoms with E-state index in [4.69, 9.17) is 9.47 Å². The quantitative estimate of drug-likeness (QED) is 0.509. The minimum Gasteiger partial charge on any atom is -0.497 e. The molecule has 1 aromatic heterocycles. The summed E-state index contributed by atoms with van der Waals surface area (Å²) in [6, 6.07) is 5.85. The number of aromatic nitrogens is 1. The van der Waals surface area contributed by atoms with E-state index in [1.807, 2.05) is 18.2 Å². The molecule has 0 saturated carbocycles. The van der Waals surface area contributed by atoms with E-state index < -0.39 is 0 Å². The number of guanidine groups is 1. The van der Waals surface area contributed by atoms with E-state index in [1.54, 1.807) is 25.6 Å². The monoisotopic (exact) mass is 390 g/mol. The van der Waals surface area contributed by atoms with Crippen LogP contribution in [0.3, 0.4) is 0 Å². The van der Waals surface area contributed by atoms with Gasteiger partial charge in [0.1, 0.15) is 11.5 Å². The lowest BCUT2D eigenvalue weighted by Crippen LogP contribution is -2.38.